The SMILES string of the molecule is C[C@H](CNC(=O)c1cnn2c3c(cnc12)CCCCCC3)c1ccccc1. The molecule has 0 spiro atoms. The van der Waals surface area contributed by atoms with E-state index < -0.39 is 0 Å². The lowest BCUT2D eigenvalue weighted by molar-refractivity contribution is 0.0953. The molecule has 0 unspecified atom stereocenters. The third kappa shape index (κ3) is 3.72. The zero-order chi connectivity index (χ0) is 18.6. The minimum absolute atomic E-state index is 0.105. The third-order valence-electron chi connectivity index (χ3n) is 5.50. The molecule has 4 rings (SSSR count). The fraction of sp³-hybridized carbons (Fsp3) is 0.409. The van der Waals surface area contributed by atoms with Crippen molar-refractivity contribution in [3.8, 4) is 0 Å². The molecule has 2 aromatic heterocycles. The van der Waals surface area contributed by atoms with Crippen LogP contribution in [0, 0.1) is 0 Å². The number of rotatable bonds is 4. The van der Waals surface area contributed by atoms with E-state index in [1.54, 1.807) is 6.20 Å². The number of nitrogens with one attached hydrogen (secondary N) is 1. The van der Waals surface area contributed by atoms with Crippen molar-refractivity contribution >= 4 is 11.6 Å². The summed E-state index contributed by atoms with van der Waals surface area (Å²) in [5, 5.41) is 7.55. The molecule has 27 heavy (non-hydrogen) atoms. The largest absolute Gasteiger partial charge is 0.351 e. The minimum atomic E-state index is -0.105. The van der Waals surface area contributed by atoms with Gasteiger partial charge in [0.1, 0.15) is 5.56 Å². The van der Waals surface area contributed by atoms with E-state index in [0.29, 0.717) is 17.8 Å². The highest BCUT2D eigenvalue weighted by molar-refractivity contribution is 5.99. The maximum Gasteiger partial charge on any atom is 0.256 e. The molecule has 0 saturated carbocycles. The fourth-order valence-electron chi connectivity index (χ4n) is 3.85. The number of aryl methyl sites for hydroxylation is 2. The first-order valence-corrected chi connectivity index (χ1v) is 9.91. The zero-order valence-electron chi connectivity index (χ0n) is 15.8. The van der Waals surface area contributed by atoms with Gasteiger partial charge in [0, 0.05) is 18.4 Å². The van der Waals surface area contributed by atoms with Crippen LogP contribution in [0.15, 0.2) is 42.7 Å². The molecule has 1 atom stereocenters. The van der Waals surface area contributed by atoms with Gasteiger partial charge < -0.3 is 5.32 Å². The molecule has 140 valence electrons. The first kappa shape index (κ1) is 17.7. The van der Waals surface area contributed by atoms with Crippen LogP contribution in [-0.2, 0) is 12.8 Å². The molecule has 1 amide bonds. The highest BCUT2D eigenvalue weighted by atomic mass is 16.1. The van der Waals surface area contributed by atoms with Gasteiger partial charge in [-0.05, 0) is 42.7 Å². The fourth-order valence-corrected chi connectivity index (χ4v) is 3.85. The van der Waals surface area contributed by atoms with Crippen molar-refractivity contribution in [2.75, 3.05) is 6.54 Å². The van der Waals surface area contributed by atoms with Crippen LogP contribution in [0.25, 0.3) is 5.65 Å². The topological polar surface area (TPSA) is 59.3 Å². The summed E-state index contributed by atoms with van der Waals surface area (Å²) >= 11 is 0. The summed E-state index contributed by atoms with van der Waals surface area (Å²) in [7, 11) is 0. The van der Waals surface area contributed by atoms with Crippen molar-refractivity contribution in [2.24, 2.45) is 0 Å². The van der Waals surface area contributed by atoms with Gasteiger partial charge in [-0.25, -0.2) is 9.50 Å². The summed E-state index contributed by atoms with van der Waals surface area (Å²) in [6, 6.07) is 10.2. The van der Waals surface area contributed by atoms with Crippen LogP contribution in [0.2, 0.25) is 0 Å². The number of carbonyl (C=O) groups excluding carboxylic acids is 1. The number of hydrogen-bond donors (Lipinski definition) is 1. The van der Waals surface area contributed by atoms with Crippen molar-refractivity contribution in [3.05, 3.63) is 65.1 Å². The van der Waals surface area contributed by atoms with Gasteiger partial charge in [0.2, 0.25) is 0 Å². The Balaban J connectivity index is 1.53. The number of aromatic nitrogens is 3. The summed E-state index contributed by atoms with van der Waals surface area (Å²) in [6.45, 7) is 2.71. The zero-order valence-corrected chi connectivity index (χ0v) is 15.8. The Hall–Kier alpha value is -2.69. The van der Waals surface area contributed by atoms with Crippen molar-refractivity contribution in [1.82, 2.24) is 19.9 Å². The quantitative estimate of drug-likeness (QED) is 0.765. The molecule has 5 heteroatoms. The van der Waals surface area contributed by atoms with Crippen LogP contribution in [0.3, 0.4) is 0 Å². The summed E-state index contributed by atoms with van der Waals surface area (Å²) in [4.78, 5) is 17.3. The van der Waals surface area contributed by atoms with E-state index in [2.05, 4.69) is 34.5 Å². The Morgan fingerprint density at radius 1 is 1.11 bits per heavy atom. The lowest BCUT2D eigenvalue weighted by Gasteiger charge is -2.15. The monoisotopic (exact) mass is 362 g/mol. The van der Waals surface area contributed by atoms with E-state index >= 15 is 0 Å². The second-order valence-corrected chi connectivity index (χ2v) is 7.46. The second kappa shape index (κ2) is 7.91. The van der Waals surface area contributed by atoms with Gasteiger partial charge >= 0.3 is 0 Å². The van der Waals surface area contributed by atoms with Gasteiger partial charge in [0.15, 0.2) is 5.65 Å². The second-order valence-electron chi connectivity index (χ2n) is 7.46. The van der Waals surface area contributed by atoms with E-state index in [1.807, 2.05) is 28.9 Å². The average Bonchev–Trinajstić information content (AvgIpc) is 3.11. The van der Waals surface area contributed by atoms with Gasteiger partial charge in [0.05, 0.1) is 6.20 Å². The molecular weight excluding hydrogens is 336 g/mol. The Morgan fingerprint density at radius 2 is 1.89 bits per heavy atom. The number of nitrogens with zero attached hydrogens (tertiary/aromatic N) is 3. The van der Waals surface area contributed by atoms with Crippen LogP contribution in [-0.4, -0.2) is 27.0 Å². The molecule has 0 aliphatic heterocycles. The van der Waals surface area contributed by atoms with E-state index in [1.165, 1.54) is 42.5 Å². The van der Waals surface area contributed by atoms with Crippen molar-refractivity contribution in [3.63, 3.8) is 0 Å². The van der Waals surface area contributed by atoms with Crippen LogP contribution < -0.4 is 5.32 Å². The lowest BCUT2D eigenvalue weighted by Crippen LogP contribution is -2.27. The standard InChI is InChI=1S/C22H26N4O/c1-16(17-9-6-4-7-10-17)13-24-22(27)19-15-25-26-20-12-8-3-2-5-11-18(20)14-23-21(19)26/h4,6-7,9-10,14-16H,2-3,5,8,11-13H2,1H3,(H,24,27)/t16-/m1/s1. The number of amides is 1. The molecule has 0 fully saturated rings. The van der Waals surface area contributed by atoms with Crippen molar-refractivity contribution in [1.29, 1.82) is 0 Å². The van der Waals surface area contributed by atoms with Gasteiger partial charge in [-0.3, -0.25) is 4.79 Å². The molecule has 5 nitrogen and oxygen atoms in total. The predicted molar refractivity (Wildman–Crippen MR) is 106 cm³/mol. The number of carbonyl (C=O) groups is 1. The van der Waals surface area contributed by atoms with E-state index in [9.17, 15) is 4.79 Å². The highest BCUT2D eigenvalue weighted by Gasteiger charge is 2.19. The van der Waals surface area contributed by atoms with Gasteiger partial charge in [-0.1, -0.05) is 50.1 Å². The Bertz CT molecular complexity index is 932. The van der Waals surface area contributed by atoms with Gasteiger partial charge in [-0.2, -0.15) is 5.10 Å². The number of fused-ring (bicyclic) bond motifs is 3. The molecule has 0 radical (unpaired) electrons. The summed E-state index contributed by atoms with van der Waals surface area (Å²) in [5.41, 5.74) is 4.93. The molecule has 1 aromatic carbocycles. The number of benzene rings is 1. The smallest absolute Gasteiger partial charge is 0.256 e. The van der Waals surface area contributed by atoms with Crippen LogP contribution >= 0.6 is 0 Å². The summed E-state index contributed by atoms with van der Waals surface area (Å²) in [6.07, 6.45) is 10.6. The van der Waals surface area contributed by atoms with Gasteiger partial charge in [0.25, 0.3) is 5.91 Å². The first-order valence-electron chi connectivity index (χ1n) is 9.91. The first-order chi connectivity index (χ1) is 13.2. The predicted octanol–water partition coefficient (Wildman–Crippen LogP) is 3.92. The van der Waals surface area contributed by atoms with Crippen molar-refractivity contribution < 1.29 is 4.79 Å². The van der Waals surface area contributed by atoms with E-state index in [4.69, 9.17) is 0 Å². The van der Waals surface area contributed by atoms with E-state index in [-0.39, 0.29) is 11.8 Å². The Kier molecular flexibility index (Phi) is 5.19. The molecule has 1 aliphatic rings. The Morgan fingerprint density at radius 3 is 2.70 bits per heavy atom. The number of hydrogen-bond acceptors (Lipinski definition) is 3. The highest BCUT2D eigenvalue weighted by Crippen LogP contribution is 2.22. The summed E-state index contributed by atoms with van der Waals surface area (Å²) < 4.78 is 1.89. The van der Waals surface area contributed by atoms with Crippen LogP contribution in [0.4, 0.5) is 0 Å². The molecule has 0 saturated heterocycles. The van der Waals surface area contributed by atoms with Gasteiger partial charge in [-0.15, -0.1) is 0 Å². The maximum atomic E-state index is 12.7. The molecule has 0 bridgehead atoms. The molecule has 3 aromatic rings. The molecule has 1 N–H and O–H groups in total. The molecule has 2 heterocycles. The average molecular weight is 362 g/mol. The lowest BCUT2D eigenvalue weighted by atomic mass is 9.98. The minimum Gasteiger partial charge on any atom is -0.351 e. The van der Waals surface area contributed by atoms with Crippen molar-refractivity contribution in [2.45, 2.75) is 51.4 Å². The molecular formula is C22H26N4O. The molecule has 1 aliphatic carbocycles. The normalized spacial score (nSPS) is 15.6. The van der Waals surface area contributed by atoms with E-state index in [0.717, 1.165) is 12.8 Å². The summed E-state index contributed by atoms with van der Waals surface area (Å²) in [5.74, 6) is 0.149. The maximum absolute atomic E-state index is 12.7. The van der Waals surface area contributed by atoms with Crippen LogP contribution in [0.1, 0.15) is 65.7 Å². The Labute approximate surface area is 159 Å². The van der Waals surface area contributed by atoms with Crippen LogP contribution in [0.5, 0.6) is 0 Å². The third-order valence-corrected chi connectivity index (χ3v) is 5.50.